The Morgan fingerprint density at radius 2 is 2.00 bits per heavy atom. The third-order valence-corrected chi connectivity index (χ3v) is 5.22. The van der Waals surface area contributed by atoms with Crippen LogP contribution in [0.4, 0.5) is 11.4 Å². The van der Waals surface area contributed by atoms with Gasteiger partial charge in [0, 0.05) is 18.8 Å². The summed E-state index contributed by atoms with van der Waals surface area (Å²) in [7, 11) is -3.20. The lowest BCUT2D eigenvalue weighted by Crippen LogP contribution is -2.42. The number of rotatable bonds is 2. The molecule has 2 rings (SSSR count). The molecule has 0 spiro atoms. The van der Waals surface area contributed by atoms with Gasteiger partial charge in [0.25, 0.3) is 0 Å². The number of nitrogen functional groups attached to an aromatic ring is 1. The molecule has 1 fully saturated rings. The van der Waals surface area contributed by atoms with Crippen LogP contribution < -0.4 is 10.6 Å². The fraction of sp³-hybridized carbons (Fsp3) is 0.571. The molecule has 4 nitrogen and oxygen atoms in total. The monoisotopic (exact) mass is 282 g/mol. The molecular weight excluding hydrogens is 260 g/mol. The van der Waals surface area contributed by atoms with Crippen molar-refractivity contribution in [1.82, 2.24) is 0 Å². The highest BCUT2D eigenvalue weighted by Gasteiger charge is 2.26. The third-order valence-electron chi connectivity index (χ3n) is 4.11. The summed E-state index contributed by atoms with van der Waals surface area (Å²) < 4.78 is 23.0. The molecule has 1 aliphatic heterocycles. The predicted octanol–water partition coefficient (Wildman–Crippen LogP) is 2.30. The van der Waals surface area contributed by atoms with E-state index in [0.717, 1.165) is 18.7 Å². The van der Waals surface area contributed by atoms with Crippen LogP contribution in [0.3, 0.4) is 0 Å². The first kappa shape index (κ1) is 14.2. The van der Waals surface area contributed by atoms with Gasteiger partial charge in [0.1, 0.15) is 0 Å². The highest BCUT2D eigenvalue weighted by atomic mass is 32.2. The summed E-state index contributed by atoms with van der Waals surface area (Å²) in [5, 5.41) is 0. The summed E-state index contributed by atoms with van der Waals surface area (Å²) in [4.78, 5) is 2.57. The maximum absolute atomic E-state index is 11.5. The molecule has 0 bridgehead atoms. The standard InChI is InChI=1S/C14H22N2O2S/c1-10-5-4-8-16(11(10)2)14-7-6-12(9-13(14)15)19(3,17)18/h6-7,9-11H,4-5,8,15H2,1-3H3. The number of hydrogen-bond donors (Lipinski definition) is 1. The van der Waals surface area contributed by atoms with Crippen molar-refractivity contribution in [2.75, 3.05) is 23.4 Å². The van der Waals surface area contributed by atoms with E-state index in [4.69, 9.17) is 5.73 Å². The van der Waals surface area contributed by atoms with Gasteiger partial charge >= 0.3 is 0 Å². The molecule has 5 heteroatoms. The Morgan fingerprint density at radius 1 is 1.32 bits per heavy atom. The summed E-state index contributed by atoms with van der Waals surface area (Å²) in [6, 6.07) is 5.48. The lowest BCUT2D eigenvalue weighted by molar-refractivity contribution is 0.364. The number of benzene rings is 1. The van der Waals surface area contributed by atoms with Crippen molar-refractivity contribution in [3.05, 3.63) is 18.2 Å². The zero-order chi connectivity index (χ0) is 14.2. The van der Waals surface area contributed by atoms with Gasteiger partial charge in [0.05, 0.1) is 16.3 Å². The molecule has 0 radical (unpaired) electrons. The van der Waals surface area contributed by atoms with E-state index >= 15 is 0 Å². The van der Waals surface area contributed by atoms with Crippen LogP contribution >= 0.6 is 0 Å². The SMILES string of the molecule is CC1CCCN(c2ccc(S(C)(=O)=O)cc2N)C1C. The van der Waals surface area contributed by atoms with E-state index < -0.39 is 9.84 Å². The molecule has 1 heterocycles. The average molecular weight is 282 g/mol. The first-order chi connectivity index (χ1) is 8.80. The minimum atomic E-state index is -3.20. The van der Waals surface area contributed by atoms with E-state index in [1.165, 1.54) is 12.7 Å². The third kappa shape index (κ3) is 2.86. The average Bonchev–Trinajstić information content (AvgIpc) is 2.32. The topological polar surface area (TPSA) is 63.4 Å². The number of anilines is 2. The van der Waals surface area contributed by atoms with Crippen LogP contribution in [0.25, 0.3) is 0 Å². The first-order valence-corrected chi connectivity index (χ1v) is 8.56. The van der Waals surface area contributed by atoms with Crippen molar-refractivity contribution in [3.63, 3.8) is 0 Å². The number of sulfone groups is 1. The van der Waals surface area contributed by atoms with Gasteiger partial charge in [0.15, 0.2) is 9.84 Å². The van der Waals surface area contributed by atoms with Crippen molar-refractivity contribution in [3.8, 4) is 0 Å². The summed E-state index contributed by atoms with van der Waals surface area (Å²) in [6.07, 6.45) is 3.59. The smallest absolute Gasteiger partial charge is 0.175 e. The molecule has 106 valence electrons. The molecule has 0 saturated carbocycles. The van der Waals surface area contributed by atoms with Crippen LogP contribution in [0.1, 0.15) is 26.7 Å². The first-order valence-electron chi connectivity index (χ1n) is 6.67. The minimum Gasteiger partial charge on any atom is -0.397 e. The molecular formula is C14H22N2O2S. The maximum atomic E-state index is 11.5. The van der Waals surface area contributed by atoms with E-state index in [1.54, 1.807) is 12.1 Å². The second-order valence-electron chi connectivity index (χ2n) is 5.55. The number of hydrogen-bond acceptors (Lipinski definition) is 4. The van der Waals surface area contributed by atoms with Crippen LogP contribution in [-0.2, 0) is 9.84 Å². The molecule has 0 amide bonds. The molecule has 1 aromatic carbocycles. The summed E-state index contributed by atoms with van der Waals surface area (Å²) in [5.41, 5.74) is 7.55. The van der Waals surface area contributed by atoms with Crippen molar-refractivity contribution in [2.24, 2.45) is 5.92 Å². The zero-order valence-electron chi connectivity index (χ0n) is 11.8. The van der Waals surface area contributed by atoms with Crippen LogP contribution in [0.5, 0.6) is 0 Å². The van der Waals surface area contributed by atoms with Gasteiger partial charge in [-0.2, -0.15) is 0 Å². The molecule has 2 unspecified atom stereocenters. The highest BCUT2D eigenvalue weighted by Crippen LogP contribution is 2.33. The van der Waals surface area contributed by atoms with Gasteiger partial charge in [0.2, 0.25) is 0 Å². The van der Waals surface area contributed by atoms with Crippen molar-refractivity contribution in [1.29, 1.82) is 0 Å². The summed E-state index contributed by atoms with van der Waals surface area (Å²) in [5.74, 6) is 0.628. The molecule has 1 aliphatic rings. The van der Waals surface area contributed by atoms with E-state index in [-0.39, 0.29) is 4.90 Å². The van der Waals surface area contributed by atoms with Crippen LogP contribution in [0.15, 0.2) is 23.1 Å². The molecule has 0 aromatic heterocycles. The minimum absolute atomic E-state index is 0.284. The molecule has 1 aromatic rings. The summed E-state index contributed by atoms with van der Waals surface area (Å²) >= 11 is 0. The Hall–Kier alpha value is -1.23. The number of piperidine rings is 1. The van der Waals surface area contributed by atoms with Crippen molar-refractivity contribution >= 4 is 21.2 Å². The van der Waals surface area contributed by atoms with Gasteiger partial charge in [-0.05, 0) is 43.9 Å². The van der Waals surface area contributed by atoms with E-state index in [1.807, 2.05) is 6.07 Å². The van der Waals surface area contributed by atoms with Crippen LogP contribution in [0.2, 0.25) is 0 Å². The number of nitrogens with zero attached hydrogens (tertiary/aromatic N) is 1. The summed E-state index contributed by atoms with van der Waals surface area (Å²) in [6.45, 7) is 5.43. The Labute approximate surface area is 115 Å². The highest BCUT2D eigenvalue weighted by molar-refractivity contribution is 7.90. The largest absolute Gasteiger partial charge is 0.397 e. The van der Waals surface area contributed by atoms with E-state index in [9.17, 15) is 8.42 Å². The van der Waals surface area contributed by atoms with E-state index in [2.05, 4.69) is 18.7 Å². The molecule has 2 atom stereocenters. The normalized spacial score (nSPS) is 24.5. The maximum Gasteiger partial charge on any atom is 0.175 e. The van der Waals surface area contributed by atoms with Gasteiger partial charge in [-0.25, -0.2) is 8.42 Å². The Balaban J connectivity index is 2.36. The lowest BCUT2D eigenvalue weighted by atomic mass is 9.91. The number of nitrogens with two attached hydrogens (primary N) is 1. The second-order valence-corrected chi connectivity index (χ2v) is 7.56. The van der Waals surface area contributed by atoms with E-state index in [0.29, 0.717) is 17.6 Å². The fourth-order valence-electron chi connectivity index (χ4n) is 2.70. The molecule has 2 N–H and O–H groups in total. The van der Waals surface area contributed by atoms with Crippen LogP contribution in [-0.4, -0.2) is 27.3 Å². The Morgan fingerprint density at radius 3 is 2.58 bits per heavy atom. The Bertz CT molecular complexity index is 569. The van der Waals surface area contributed by atoms with Crippen molar-refractivity contribution in [2.45, 2.75) is 37.6 Å². The van der Waals surface area contributed by atoms with Gasteiger partial charge < -0.3 is 10.6 Å². The predicted molar refractivity (Wildman–Crippen MR) is 79.2 cm³/mol. The van der Waals surface area contributed by atoms with Gasteiger partial charge in [-0.1, -0.05) is 6.92 Å². The van der Waals surface area contributed by atoms with Crippen LogP contribution in [0, 0.1) is 5.92 Å². The fourth-order valence-corrected chi connectivity index (χ4v) is 3.36. The zero-order valence-corrected chi connectivity index (χ0v) is 12.6. The Kier molecular flexibility index (Phi) is 3.76. The molecule has 1 saturated heterocycles. The van der Waals surface area contributed by atoms with Gasteiger partial charge in [-0.3, -0.25) is 0 Å². The second kappa shape index (κ2) is 5.04. The molecule has 19 heavy (non-hydrogen) atoms. The van der Waals surface area contributed by atoms with Crippen molar-refractivity contribution < 1.29 is 8.42 Å². The lowest BCUT2D eigenvalue weighted by Gasteiger charge is -2.40. The quantitative estimate of drug-likeness (QED) is 0.845. The molecule has 0 aliphatic carbocycles. The van der Waals surface area contributed by atoms with Gasteiger partial charge in [-0.15, -0.1) is 0 Å².